The third kappa shape index (κ3) is 1.50. The van der Waals surface area contributed by atoms with Crippen LogP contribution in [0.25, 0.3) is 0 Å². The molecule has 1 N–H and O–H groups in total. The smallest absolute Gasteiger partial charge is 0.0675 e. The zero-order valence-corrected chi connectivity index (χ0v) is 10.6. The van der Waals surface area contributed by atoms with Crippen molar-refractivity contribution >= 4 is 5.71 Å². The summed E-state index contributed by atoms with van der Waals surface area (Å²) in [4.78, 5) is 0. The molecule has 0 spiro atoms. The van der Waals surface area contributed by atoms with E-state index >= 15 is 0 Å². The fourth-order valence-corrected chi connectivity index (χ4v) is 3.73. The van der Waals surface area contributed by atoms with Gasteiger partial charge in [-0.2, -0.15) is 0 Å². The van der Waals surface area contributed by atoms with Gasteiger partial charge in [0.1, 0.15) is 0 Å². The molecule has 0 aromatic heterocycles. The lowest BCUT2D eigenvalue weighted by molar-refractivity contribution is 0.117. The molecule has 2 aliphatic rings. The Morgan fingerprint density at radius 3 is 2.88 bits per heavy atom. The predicted octanol–water partition coefficient (Wildman–Crippen LogP) is 3.86. The van der Waals surface area contributed by atoms with Crippen LogP contribution in [0.4, 0.5) is 0 Å². The SMILES string of the molecule is CCC12CCC=CC1C(CC(C)C)C2=NO. The van der Waals surface area contributed by atoms with Gasteiger partial charge in [-0.25, -0.2) is 0 Å². The highest BCUT2D eigenvalue weighted by molar-refractivity contribution is 5.99. The fraction of sp³-hybridized carbons (Fsp3) is 0.786. The molecule has 0 amide bonds. The summed E-state index contributed by atoms with van der Waals surface area (Å²) >= 11 is 0. The monoisotopic (exact) mass is 221 g/mol. The topological polar surface area (TPSA) is 32.6 Å². The molecule has 0 aromatic carbocycles. The van der Waals surface area contributed by atoms with Crippen molar-refractivity contribution in [1.82, 2.24) is 0 Å². The first kappa shape index (κ1) is 11.7. The van der Waals surface area contributed by atoms with E-state index in [9.17, 15) is 5.21 Å². The fourth-order valence-electron chi connectivity index (χ4n) is 3.73. The number of hydrogen-bond acceptors (Lipinski definition) is 2. The van der Waals surface area contributed by atoms with E-state index in [0.717, 1.165) is 25.0 Å². The number of fused-ring (bicyclic) bond motifs is 1. The lowest BCUT2D eigenvalue weighted by Gasteiger charge is -2.56. The summed E-state index contributed by atoms with van der Waals surface area (Å²) in [5.41, 5.74) is 1.28. The first-order valence-electron chi connectivity index (χ1n) is 6.54. The van der Waals surface area contributed by atoms with Crippen LogP contribution in [0, 0.1) is 23.2 Å². The Bertz CT molecular complexity index is 319. The van der Waals surface area contributed by atoms with Crippen molar-refractivity contribution in [2.24, 2.45) is 28.3 Å². The zero-order valence-electron chi connectivity index (χ0n) is 10.6. The summed E-state index contributed by atoms with van der Waals surface area (Å²) in [5, 5.41) is 12.9. The highest BCUT2D eigenvalue weighted by Gasteiger charge is 2.57. The van der Waals surface area contributed by atoms with Gasteiger partial charge in [-0.1, -0.05) is 38.1 Å². The summed E-state index contributed by atoms with van der Waals surface area (Å²) in [6.07, 6.45) is 9.23. The minimum atomic E-state index is 0.197. The van der Waals surface area contributed by atoms with Crippen molar-refractivity contribution in [3.05, 3.63) is 12.2 Å². The molecule has 3 atom stereocenters. The maximum absolute atomic E-state index is 9.27. The number of hydrogen-bond donors (Lipinski definition) is 1. The molecule has 2 nitrogen and oxygen atoms in total. The molecule has 0 aromatic rings. The number of allylic oxidation sites excluding steroid dienone is 2. The van der Waals surface area contributed by atoms with Crippen LogP contribution in [0.1, 0.15) is 46.5 Å². The van der Waals surface area contributed by atoms with Gasteiger partial charge >= 0.3 is 0 Å². The number of oxime groups is 1. The number of nitrogens with zero attached hydrogens (tertiary/aromatic N) is 1. The van der Waals surface area contributed by atoms with E-state index in [4.69, 9.17) is 0 Å². The van der Waals surface area contributed by atoms with Crippen LogP contribution in [0.15, 0.2) is 17.3 Å². The molecule has 0 aliphatic heterocycles. The minimum Gasteiger partial charge on any atom is -0.411 e. The molecule has 0 bridgehead atoms. The summed E-state index contributed by atoms with van der Waals surface area (Å²) in [6, 6.07) is 0. The molecule has 3 unspecified atom stereocenters. The Kier molecular flexibility index (Phi) is 3.09. The number of rotatable bonds is 3. The van der Waals surface area contributed by atoms with E-state index in [1.165, 1.54) is 6.42 Å². The first-order chi connectivity index (χ1) is 7.65. The van der Waals surface area contributed by atoms with Crippen molar-refractivity contribution in [3.63, 3.8) is 0 Å². The van der Waals surface area contributed by atoms with Crippen LogP contribution in [-0.2, 0) is 0 Å². The van der Waals surface area contributed by atoms with Crippen molar-refractivity contribution < 1.29 is 5.21 Å². The van der Waals surface area contributed by atoms with Crippen LogP contribution in [0.3, 0.4) is 0 Å². The van der Waals surface area contributed by atoms with E-state index in [1.807, 2.05) is 0 Å². The zero-order chi connectivity index (χ0) is 11.8. The van der Waals surface area contributed by atoms with E-state index in [-0.39, 0.29) is 5.41 Å². The molecule has 2 aliphatic carbocycles. The third-order valence-corrected chi connectivity index (χ3v) is 4.50. The molecule has 2 rings (SSSR count). The molecular weight excluding hydrogens is 198 g/mol. The quantitative estimate of drug-likeness (QED) is 0.438. The van der Waals surface area contributed by atoms with E-state index in [0.29, 0.717) is 17.8 Å². The van der Waals surface area contributed by atoms with E-state index < -0.39 is 0 Å². The van der Waals surface area contributed by atoms with Crippen LogP contribution in [0.5, 0.6) is 0 Å². The van der Waals surface area contributed by atoms with Gasteiger partial charge in [0.2, 0.25) is 0 Å². The first-order valence-corrected chi connectivity index (χ1v) is 6.54. The van der Waals surface area contributed by atoms with Crippen molar-refractivity contribution in [1.29, 1.82) is 0 Å². The van der Waals surface area contributed by atoms with Gasteiger partial charge in [0, 0.05) is 11.3 Å². The van der Waals surface area contributed by atoms with E-state index in [1.54, 1.807) is 0 Å². The molecule has 0 radical (unpaired) electrons. The molecule has 2 heteroatoms. The lowest BCUT2D eigenvalue weighted by Crippen LogP contribution is -2.58. The summed E-state index contributed by atoms with van der Waals surface area (Å²) < 4.78 is 0. The van der Waals surface area contributed by atoms with Gasteiger partial charge in [-0.15, -0.1) is 0 Å². The Morgan fingerprint density at radius 1 is 1.56 bits per heavy atom. The Hall–Kier alpha value is -0.790. The van der Waals surface area contributed by atoms with Gasteiger partial charge in [0.15, 0.2) is 0 Å². The van der Waals surface area contributed by atoms with Gasteiger partial charge in [-0.05, 0) is 37.5 Å². The third-order valence-electron chi connectivity index (χ3n) is 4.50. The minimum absolute atomic E-state index is 0.197. The Balaban J connectivity index is 2.24. The van der Waals surface area contributed by atoms with Gasteiger partial charge in [0.05, 0.1) is 5.71 Å². The molecule has 1 saturated carbocycles. The van der Waals surface area contributed by atoms with Crippen LogP contribution >= 0.6 is 0 Å². The van der Waals surface area contributed by atoms with Crippen molar-refractivity contribution in [2.75, 3.05) is 0 Å². The molecular formula is C14H23NO. The van der Waals surface area contributed by atoms with Gasteiger partial charge in [0.25, 0.3) is 0 Å². The van der Waals surface area contributed by atoms with E-state index in [2.05, 4.69) is 38.1 Å². The summed E-state index contributed by atoms with van der Waals surface area (Å²) in [6.45, 7) is 6.71. The molecule has 16 heavy (non-hydrogen) atoms. The maximum Gasteiger partial charge on any atom is 0.0675 e. The maximum atomic E-state index is 9.27. The van der Waals surface area contributed by atoms with Gasteiger partial charge in [-0.3, -0.25) is 0 Å². The average Bonchev–Trinajstić information content (AvgIpc) is 2.26. The highest BCUT2D eigenvalue weighted by Crippen LogP contribution is 2.58. The van der Waals surface area contributed by atoms with Crippen molar-refractivity contribution in [3.8, 4) is 0 Å². The Labute approximate surface area is 98.4 Å². The normalized spacial score (nSPS) is 39.9. The molecule has 90 valence electrons. The second kappa shape index (κ2) is 4.23. The lowest BCUT2D eigenvalue weighted by atomic mass is 9.46. The molecule has 1 fully saturated rings. The largest absolute Gasteiger partial charge is 0.411 e. The van der Waals surface area contributed by atoms with Crippen LogP contribution in [0.2, 0.25) is 0 Å². The average molecular weight is 221 g/mol. The van der Waals surface area contributed by atoms with Crippen LogP contribution in [-0.4, -0.2) is 10.9 Å². The highest BCUT2D eigenvalue weighted by atomic mass is 16.4. The van der Waals surface area contributed by atoms with Crippen LogP contribution < -0.4 is 0 Å². The molecule has 0 saturated heterocycles. The second-order valence-corrected chi connectivity index (χ2v) is 5.72. The summed E-state index contributed by atoms with van der Waals surface area (Å²) in [7, 11) is 0. The standard InChI is InChI=1S/C14H23NO/c1-4-14-8-6-5-7-12(14)11(9-10(2)3)13(14)15-16/h5,7,10-12,16H,4,6,8-9H2,1-3H3. The second-order valence-electron chi connectivity index (χ2n) is 5.72. The predicted molar refractivity (Wildman–Crippen MR) is 66.8 cm³/mol. The summed E-state index contributed by atoms with van der Waals surface area (Å²) in [5.74, 6) is 1.79. The van der Waals surface area contributed by atoms with Crippen molar-refractivity contribution in [2.45, 2.75) is 46.5 Å². The van der Waals surface area contributed by atoms with Gasteiger partial charge < -0.3 is 5.21 Å². The molecule has 0 heterocycles. The Morgan fingerprint density at radius 2 is 2.31 bits per heavy atom.